The summed E-state index contributed by atoms with van der Waals surface area (Å²) in [7, 11) is 0. The zero-order valence-electron chi connectivity index (χ0n) is 20.4. The first kappa shape index (κ1) is 23.3. The van der Waals surface area contributed by atoms with Crippen LogP contribution in [0.5, 0.6) is 5.75 Å². The van der Waals surface area contributed by atoms with Gasteiger partial charge in [-0.2, -0.15) is 0 Å². The molecule has 2 aromatic carbocycles. The number of ether oxygens (including phenoxy) is 1. The Balaban J connectivity index is 1.21. The highest BCUT2D eigenvalue weighted by Gasteiger charge is 2.16. The van der Waals surface area contributed by atoms with E-state index in [1.54, 1.807) is 18.6 Å². The van der Waals surface area contributed by atoms with Crippen LogP contribution in [0.3, 0.4) is 0 Å². The van der Waals surface area contributed by atoms with Crippen LogP contribution in [0.4, 0.5) is 11.5 Å². The minimum Gasteiger partial charge on any atom is -0.489 e. The molecule has 0 bridgehead atoms. The van der Waals surface area contributed by atoms with Crippen molar-refractivity contribution in [2.75, 3.05) is 5.32 Å². The van der Waals surface area contributed by atoms with Crippen LogP contribution in [0.15, 0.2) is 114 Å². The quantitative estimate of drug-likeness (QED) is 0.260. The lowest BCUT2D eigenvalue weighted by atomic mass is 10.1. The lowest BCUT2D eigenvalue weighted by Gasteiger charge is -2.11. The Morgan fingerprint density at radius 1 is 0.868 bits per heavy atom. The van der Waals surface area contributed by atoms with Crippen molar-refractivity contribution in [2.45, 2.75) is 12.6 Å². The molecule has 8 heteroatoms. The SMILES string of the molecule is NC(c1cccnc1)c1ccc(-c2cc3c(Nc4ccc(OCc5ccccc5)cc4)ncnc3cn2)o1. The summed E-state index contributed by atoms with van der Waals surface area (Å²) in [6.07, 6.45) is 6.67. The smallest absolute Gasteiger partial charge is 0.152 e. The molecule has 6 rings (SSSR count). The van der Waals surface area contributed by atoms with Crippen LogP contribution in [0.2, 0.25) is 0 Å². The number of nitrogens with one attached hydrogen (secondary N) is 1. The molecule has 3 N–H and O–H groups in total. The first-order valence-electron chi connectivity index (χ1n) is 12.1. The van der Waals surface area contributed by atoms with Crippen LogP contribution < -0.4 is 15.8 Å². The number of furan rings is 1. The predicted octanol–water partition coefficient (Wildman–Crippen LogP) is 6.05. The Bertz CT molecular complexity index is 1650. The Labute approximate surface area is 219 Å². The topological polar surface area (TPSA) is 112 Å². The number of nitrogens with two attached hydrogens (primary N) is 1. The molecule has 0 radical (unpaired) electrons. The summed E-state index contributed by atoms with van der Waals surface area (Å²) in [6.45, 7) is 0.515. The molecule has 0 spiro atoms. The average molecular weight is 501 g/mol. The maximum atomic E-state index is 6.37. The molecule has 8 nitrogen and oxygen atoms in total. The zero-order valence-corrected chi connectivity index (χ0v) is 20.4. The van der Waals surface area contributed by atoms with Gasteiger partial charge in [0, 0.05) is 23.5 Å². The molecule has 0 aliphatic carbocycles. The Hall–Kier alpha value is -5.08. The molecule has 1 atom stereocenters. The van der Waals surface area contributed by atoms with Gasteiger partial charge in [0.2, 0.25) is 0 Å². The number of fused-ring (bicyclic) bond motifs is 1. The molecular formula is C30H24N6O2. The maximum absolute atomic E-state index is 6.37. The van der Waals surface area contributed by atoms with Gasteiger partial charge in [-0.25, -0.2) is 9.97 Å². The number of hydrogen-bond acceptors (Lipinski definition) is 8. The normalized spacial score (nSPS) is 11.8. The van der Waals surface area contributed by atoms with Gasteiger partial charge in [-0.05, 0) is 59.7 Å². The second-order valence-corrected chi connectivity index (χ2v) is 8.70. The van der Waals surface area contributed by atoms with E-state index in [4.69, 9.17) is 14.9 Å². The summed E-state index contributed by atoms with van der Waals surface area (Å²) in [6, 6.07) is 26.8. The van der Waals surface area contributed by atoms with E-state index >= 15 is 0 Å². The second-order valence-electron chi connectivity index (χ2n) is 8.70. The predicted molar refractivity (Wildman–Crippen MR) is 146 cm³/mol. The van der Waals surface area contributed by atoms with Crippen LogP contribution >= 0.6 is 0 Å². The molecule has 0 saturated heterocycles. The third kappa shape index (κ3) is 5.07. The number of hydrogen-bond donors (Lipinski definition) is 2. The van der Waals surface area contributed by atoms with Crippen molar-refractivity contribution < 1.29 is 9.15 Å². The molecule has 0 aliphatic rings. The van der Waals surface area contributed by atoms with E-state index in [-0.39, 0.29) is 0 Å². The maximum Gasteiger partial charge on any atom is 0.152 e. The van der Waals surface area contributed by atoms with Crippen molar-refractivity contribution in [3.05, 3.63) is 127 Å². The highest BCUT2D eigenvalue weighted by molar-refractivity contribution is 5.92. The first-order chi connectivity index (χ1) is 18.7. The number of pyridine rings is 2. The molecule has 0 fully saturated rings. The Morgan fingerprint density at radius 3 is 2.55 bits per heavy atom. The highest BCUT2D eigenvalue weighted by Crippen LogP contribution is 2.30. The van der Waals surface area contributed by atoms with Crippen molar-refractivity contribution in [1.29, 1.82) is 0 Å². The van der Waals surface area contributed by atoms with Crippen LogP contribution in [0, 0.1) is 0 Å². The standard InChI is InChI=1S/C30H24N6O2/c31-29(21-7-4-14-32-16-21)28-13-12-27(38-28)25-15-24-26(17-33-25)34-19-35-30(24)36-22-8-10-23(11-9-22)37-18-20-5-2-1-3-6-20/h1-17,19,29H,18,31H2,(H,34,35,36). The molecule has 6 aromatic rings. The molecule has 0 saturated carbocycles. The third-order valence-electron chi connectivity index (χ3n) is 6.12. The lowest BCUT2D eigenvalue weighted by Crippen LogP contribution is -2.10. The van der Waals surface area contributed by atoms with Gasteiger partial charge >= 0.3 is 0 Å². The largest absolute Gasteiger partial charge is 0.489 e. The number of anilines is 2. The van der Waals surface area contributed by atoms with E-state index in [0.29, 0.717) is 35.2 Å². The first-order valence-corrected chi connectivity index (χ1v) is 12.1. The van der Waals surface area contributed by atoms with Crippen LogP contribution in [0.1, 0.15) is 22.9 Å². The molecule has 186 valence electrons. The van der Waals surface area contributed by atoms with Crippen LogP contribution in [-0.4, -0.2) is 19.9 Å². The van der Waals surface area contributed by atoms with Crippen LogP contribution in [0.25, 0.3) is 22.4 Å². The minimum atomic E-state index is -0.418. The van der Waals surface area contributed by atoms with Gasteiger partial charge in [-0.1, -0.05) is 36.4 Å². The fraction of sp³-hybridized carbons (Fsp3) is 0.0667. The van der Waals surface area contributed by atoms with Crippen LogP contribution in [-0.2, 0) is 6.61 Å². The molecule has 0 aliphatic heterocycles. The summed E-state index contributed by atoms with van der Waals surface area (Å²) in [5.41, 5.74) is 10.6. The minimum absolute atomic E-state index is 0.418. The second kappa shape index (κ2) is 10.5. The Morgan fingerprint density at radius 2 is 1.74 bits per heavy atom. The summed E-state index contributed by atoms with van der Waals surface area (Å²) in [4.78, 5) is 17.5. The molecule has 4 heterocycles. The zero-order chi connectivity index (χ0) is 25.7. The van der Waals surface area contributed by atoms with Gasteiger partial charge in [0.1, 0.15) is 36.0 Å². The fourth-order valence-corrected chi connectivity index (χ4v) is 4.09. The monoisotopic (exact) mass is 500 g/mol. The summed E-state index contributed by atoms with van der Waals surface area (Å²) >= 11 is 0. The van der Waals surface area contributed by atoms with Gasteiger partial charge < -0.3 is 20.2 Å². The van der Waals surface area contributed by atoms with E-state index in [1.807, 2.05) is 84.9 Å². The highest BCUT2D eigenvalue weighted by atomic mass is 16.5. The summed E-state index contributed by atoms with van der Waals surface area (Å²) < 4.78 is 12.0. The van der Waals surface area contributed by atoms with Crippen molar-refractivity contribution in [3.8, 4) is 17.2 Å². The third-order valence-corrected chi connectivity index (χ3v) is 6.12. The van der Waals surface area contributed by atoms with E-state index in [9.17, 15) is 0 Å². The number of nitrogens with zero attached hydrogens (tertiary/aromatic N) is 4. The molecule has 38 heavy (non-hydrogen) atoms. The van der Waals surface area contributed by atoms with E-state index in [2.05, 4.69) is 25.3 Å². The number of benzene rings is 2. The van der Waals surface area contributed by atoms with E-state index in [1.165, 1.54) is 6.33 Å². The van der Waals surface area contributed by atoms with Crippen molar-refractivity contribution in [3.63, 3.8) is 0 Å². The fourth-order valence-electron chi connectivity index (χ4n) is 4.09. The molecular weight excluding hydrogens is 476 g/mol. The summed E-state index contributed by atoms with van der Waals surface area (Å²) in [5, 5.41) is 4.20. The van der Waals surface area contributed by atoms with Crippen molar-refractivity contribution >= 4 is 22.4 Å². The van der Waals surface area contributed by atoms with Gasteiger partial charge in [0.25, 0.3) is 0 Å². The van der Waals surface area contributed by atoms with Gasteiger partial charge in [0.15, 0.2) is 5.76 Å². The number of aromatic nitrogens is 4. The lowest BCUT2D eigenvalue weighted by molar-refractivity contribution is 0.306. The van der Waals surface area contributed by atoms with E-state index in [0.717, 1.165) is 28.0 Å². The van der Waals surface area contributed by atoms with Gasteiger partial charge in [0.05, 0.1) is 17.8 Å². The summed E-state index contributed by atoms with van der Waals surface area (Å²) in [5.74, 6) is 2.69. The van der Waals surface area contributed by atoms with Gasteiger partial charge in [-0.3, -0.25) is 9.97 Å². The van der Waals surface area contributed by atoms with Gasteiger partial charge in [-0.15, -0.1) is 0 Å². The Kier molecular flexibility index (Phi) is 6.44. The molecule has 0 amide bonds. The molecule has 1 unspecified atom stereocenters. The molecule has 4 aromatic heterocycles. The number of rotatable bonds is 8. The van der Waals surface area contributed by atoms with Crippen molar-refractivity contribution in [1.82, 2.24) is 19.9 Å². The van der Waals surface area contributed by atoms with Crippen molar-refractivity contribution in [2.24, 2.45) is 5.73 Å². The van der Waals surface area contributed by atoms with E-state index < -0.39 is 6.04 Å². The average Bonchev–Trinajstić information content (AvgIpc) is 3.48.